The average molecular weight is 479 g/mol. The highest BCUT2D eigenvalue weighted by molar-refractivity contribution is 6.30. The highest BCUT2D eigenvalue weighted by Gasteiger charge is 2.40. The van der Waals surface area contributed by atoms with Crippen molar-refractivity contribution in [2.75, 3.05) is 13.1 Å². The van der Waals surface area contributed by atoms with Gasteiger partial charge in [0.05, 0.1) is 11.9 Å². The molecule has 33 heavy (non-hydrogen) atoms. The van der Waals surface area contributed by atoms with Crippen LogP contribution in [0.5, 0.6) is 5.75 Å². The first-order valence-electron chi connectivity index (χ1n) is 10.5. The fourth-order valence-electron chi connectivity index (χ4n) is 3.82. The third-order valence-electron chi connectivity index (χ3n) is 5.44. The summed E-state index contributed by atoms with van der Waals surface area (Å²) in [5.74, 6) is -0.656. The number of amides is 1. The number of piperidine rings is 1. The van der Waals surface area contributed by atoms with Crippen LogP contribution < -0.4 is 10.1 Å². The molecule has 0 unspecified atom stereocenters. The van der Waals surface area contributed by atoms with E-state index in [2.05, 4.69) is 27.4 Å². The number of nitrogens with zero attached hydrogens (tertiary/aromatic N) is 3. The van der Waals surface area contributed by atoms with Crippen LogP contribution in [0.2, 0.25) is 5.02 Å². The first-order valence-corrected chi connectivity index (χ1v) is 10.8. The number of aromatic nitrogens is 2. The molecule has 1 aliphatic heterocycles. The highest BCUT2D eigenvalue weighted by Crippen LogP contribution is 2.37. The van der Waals surface area contributed by atoms with Crippen LogP contribution in [0.15, 0.2) is 60.8 Å². The summed E-state index contributed by atoms with van der Waals surface area (Å²) in [6, 6.07) is 15.6. The smallest absolute Gasteiger partial charge is 0.406 e. The Kier molecular flexibility index (Phi) is 6.90. The maximum absolute atomic E-state index is 13.7. The van der Waals surface area contributed by atoms with E-state index in [1.807, 2.05) is 18.2 Å². The van der Waals surface area contributed by atoms with E-state index < -0.39 is 23.7 Å². The average Bonchev–Trinajstić information content (AvgIpc) is 3.20. The minimum Gasteiger partial charge on any atom is -0.406 e. The van der Waals surface area contributed by atoms with E-state index in [0.717, 1.165) is 25.8 Å². The normalized spacial score (nSPS) is 15.4. The molecule has 1 fully saturated rings. The van der Waals surface area contributed by atoms with Crippen LogP contribution in [0.1, 0.15) is 24.1 Å². The van der Waals surface area contributed by atoms with Gasteiger partial charge in [-0.3, -0.25) is 4.90 Å². The second-order valence-electron chi connectivity index (χ2n) is 7.81. The minimum absolute atomic E-state index is 0.146. The van der Waals surface area contributed by atoms with Gasteiger partial charge in [-0.1, -0.05) is 41.9 Å². The van der Waals surface area contributed by atoms with Crippen LogP contribution >= 0.6 is 11.6 Å². The van der Waals surface area contributed by atoms with Gasteiger partial charge in [-0.05, 0) is 42.7 Å². The van der Waals surface area contributed by atoms with Gasteiger partial charge < -0.3 is 10.1 Å². The Hall–Kier alpha value is -3.04. The largest absolute Gasteiger partial charge is 0.437 e. The predicted molar refractivity (Wildman–Crippen MR) is 117 cm³/mol. The van der Waals surface area contributed by atoms with Crippen molar-refractivity contribution in [1.82, 2.24) is 20.0 Å². The summed E-state index contributed by atoms with van der Waals surface area (Å²) in [4.78, 5) is 14.6. The Bertz CT molecular complexity index is 1080. The highest BCUT2D eigenvalue weighted by atomic mass is 35.5. The van der Waals surface area contributed by atoms with Crippen molar-refractivity contribution in [2.24, 2.45) is 0 Å². The van der Waals surface area contributed by atoms with E-state index in [4.69, 9.17) is 16.3 Å². The van der Waals surface area contributed by atoms with E-state index in [0.29, 0.717) is 22.5 Å². The van der Waals surface area contributed by atoms with Crippen LogP contribution in [0, 0.1) is 0 Å². The maximum Gasteiger partial charge on any atom is 0.437 e. The second kappa shape index (κ2) is 9.84. The molecular formula is C23H22ClF3N4O2. The molecule has 0 aliphatic carbocycles. The third-order valence-corrected chi connectivity index (χ3v) is 5.69. The first-order chi connectivity index (χ1) is 15.8. The lowest BCUT2D eigenvalue weighted by Gasteiger charge is -2.32. The predicted octanol–water partition coefficient (Wildman–Crippen LogP) is 5.30. The van der Waals surface area contributed by atoms with Gasteiger partial charge in [0.25, 0.3) is 0 Å². The number of carbonyl (C=O) groups is 1. The summed E-state index contributed by atoms with van der Waals surface area (Å²) >= 11 is 5.81. The molecule has 1 aliphatic rings. The Morgan fingerprint density at radius 2 is 1.76 bits per heavy atom. The van der Waals surface area contributed by atoms with E-state index in [1.54, 1.807) is 0 Å². The number of alkyl halides is 3. The molecule has 0 saturated carbocycles. The van der Waals surface area contributed by atoms with Crippen molar-refractivity contribution in [3.63, 3.8) is 0 Å². The Morgan fingerprint density at radius 3 is 2.39 bits per heavy atom. The van der Waals surface area contributed by atoms with Crippen LogP contribution in [0.25, 0.3) is 5.69 Å². The van der Waals surface area contributed by atoms with Crippen LogP contribution in [0.3, 0.4) is 0 Å². The molecule has 0 spiro atoms. The standard InChI is InChI=1S/C23H22ClF3N4O2/c24-17-6-8-19(9-7-17)31-21(23(25,26)27)20(14-28-31)33-22(32)29-18-10-12-30(13-11-18)15-16-4-2-1-3-5-16/h1-9,14,18H,10-13,15H2,(H,29,32). The zero-order valence-electron chi connectivity index (χ0n) is 17.6. The first kappa shape index (κ1) is 23.1. The van der Waals surface area contributed by atoms with Gasteiger partial charge in [-0.15, -0.1) is 0 Å². The van der Waals surface area contributed by atoms with Crippen molar-refractivity contribution in [3.8, 4) is 11.4 Å². The summed E-state index contributed by atoms with van der Waals surface area (Å²) in [7, 11) is 0. The van der Waals surface area contributed by atoms with Crippen molar-refractivity contribution in [3.05, 3.63) is 77.1 Å². The molecule has 174 valence electrons. The van der Waals surface area contributed by atoms with Crippen molar-refractivity contribution >= 4 is 17.7 Å². The van der Waals surface area contributed by atoms with Gasteiger partial charge in [0.15, 0.2) is 11.4 Å². The summed E-state index contributed by atoms with van der Waals surface area (Å²) in [6.45, 7) is 2.35. The van der Waals surface area contributed by atoms with Gasteiger partial charge in [0.2, 0.25) is 0 Å². The number of likely N-dealkylation sites (tertiary alicyclic amines) is 1. The SMILES string of the molecule is O=C(NC1CCN(Cc2ccccc2)CC1)Oc1cnn(-c2ccc(Cl)cc2)c1C(F)(F)F. The van der Waals surface area contributed by atoms with Gasteiger partial charge in [0.1, 0.15) is 0 Å². The van der Waals surface area contributed by atoms with Gasteiger partial charge in [-0.2, -0.15) is 18.3 Å². The molecule has 2 aromatic carbocycles. The molecule has 6 nitrogen and oxygen atoms in total. The zero-order valence-corrected chi connectivity index (χ0v) is 18.3. The molecule has 1 N–H and O–H groups in total. The third kappa shape index (κ3) is 5.85. The summed E-state index contributed by atoms with van der Waals surface area (Å²) in [6.07, 6.45) is -3.47. The Balaban J connectivity index is 1.37. The summed E-state index contributed by atoms with van der Waals surface area (Å²) in [5, 5.41) is 6.83. The second-order valence-corrected chi connectivity index (χ2v) is 8.25. The number of carbonyl (C=O) groups excluding carboxylic acids is 1. The van der Waals surface area contributed by atoms with E-state index in [1.165, 1.54) is 29.8 Å². The van der Waals surface area contributed by atoms with E-state index in [9.17, 15) is 18.0 Å². The lowest BCUT2D eigenvalue weighted by Crippen LogP contribution is -2.45. The molecule has 10 heteroatoms. The number of hydrogen-bond donors (Lipinski definition) is 1. The molecule has 4 rings (SSSR count). The van der Waals surface area contributed by atoms with Crippen LogP contribution in [0.4, 0.5) is 18.0 Å². The van der Waals surface area contributed by atoms with Crippen molar-refractivity contribution in [2.45, 2.75) is 31.6 Å². The Labute approximate surface area is 193 Å². The van der Waals surface area contributed by atoms with Crippen molar-refractivity contribution in [1.29, 1.82) is 0 Å². The van der Waals surface area contributed by atoms with Crippen molar-refractivity contribution < 1.29 is 22.7 Å². The van der Waals surface area contributed by atoms with E-state index >= 15 is 0 Å². The Morgan fingerprint density at radius 1 is 1.09 bits per heavy atom. The number of benzene rings is 2. The van der Waals surface area contributed by atoms with Crippen LogP contribution in [-0.2, 0) is 12.7 Å². The lowest BCUT2D eigenvalue weighted by atomic mass is 10.0. The fourth-order valence-corrected chi connectivity index (χ4v) is 3.94. The lowest BCUT2D eigenvalue weighted by molar-refractivity contribution is -0.143. The summed E-state index contributed by atoms with van der Waals surface area (Å²) < 4.78 is 46.9. The molecule has 0 atom stereocenters. The maximum atomic E-state index is 13.7. The number of nitrogens with one attached hydrogen (secondary N) is 1. The van der Waals surface area contributed by atoms with E-state index in [-0.39, 0.29) is 11.7 Å². The zero-order chi connectivity index (χ0) is 23.4. The number of rotatable bonds is 5. The minimum atomic E-state index is -4.78. The number of halogens is 4. The fraction of sp³-hybridized carbons (Fsp3) is 0.304. The topological polar surface area (TPSA) is 59.4 Å². The molecular weight excluding hydrogens is 457 g/mol. The monoisotopic (exact) mass is 478 g/mol. The molecule has 1 saturated heterocycles. The molecule has 1 aromatic heterocycles. The van der Waals surface area contributed by atoms with Crippen LogP contribution in [-0.4, -0.2) is 39.9 Å². The quantitative estimate of drug-likeness (QED) is 0.541. The molecule has 0 bridgehead atoms. The molecule has 2 heterocycles. The number of ether oxygens (including phenoxy) is 1. The molecule has 3 aromatic rings. The molecule has 0 radical (unpaired) electrons. The van der Waals surface area contributed by atoms with Gasteiger partial charge >= 0.3 is 12.3 Å². The molecule has 1 amide bonds. The van der Waals surface area contributed by atoms with Gasteiger partial charge in [-0.25, -0.2) is 9.48 Å². The summed E-state index contributed by atoms with van der Waals surface area (Å²) in [5.41, 5.74) is 0.186. The van der Waals surface area contributed by atoms with Gasteiger partial charge in [0, 0.05) is 30.7 Å². The number of hydrogen-bond acceptors (Lipinski definition) is 4.